The summed E-state index contributed by atoms with van der Waals surface area (Å²) in [6.07, 6.45) is 4.88. The number of aliphatic carboxylic acids is 1. The van der Waals surface area contributed by atoms with Crippen LogP contribution in [0.25, 0.3) is 6.08 Å². The quantitative estimate of drug-likeness (QED) is 0.286. The fraction of sp³-hybridized carbons (Fsp3) is 0.263. The van der Waals surface area contributed by atoms with E-state index in [-0.39, 0.29) is 16.5 Å². The molecular weight excluding hydrogens is 488 g/mol. The number of carbonyl (C=O) groups is 3. The van der Waals surface area contributed by atoms with Gasteiger partial charge in [-0.1, -0.05) is 22.6 Å². The largest absolute Gasteiger partial charge is 0.477 e. The first-order chi connectivity index (χ1) is 15.8. The molecule has 2 aromatic heterocycles. The highest BCUT2D eigenvalue weighted by Gasteiger charge is 2.54. The maximum Gasteiger partial charge on any atom is 0.352 e. The Morgan fingerprint density at radius 2 is 2.18 bits per heavy atom. The first-order valence-electron chi connectivity index (χ1n) is 9.44. The van der Waals surface area contributed by atoms with Gasteiger partial charge in [0, 0.05) is 16.8 Å². The molecule has 4 rings (SSSR count). The van der Waals surface area contributed by atoms with Gasteiger partial charge in [-0.2, -0.15) is 0 Å². The Labute approximate surface area is 200 Å². The summed E-state index contributed by atoms with van der Waals surface area (Å²) < 4.78 is 0. The van der Waals surface area contributed by atoms with E-state index in [1.807, 2.05) is 6.92 Å². The van der Waals surface area contributed by atoms with E-state index in [1.54, 1.807) is 17.7 Å². The number of nitrogens with one attached hydrogen (secondary N) is 1. The number of nitrogens with zero attached hydrogens (tertiary/aromatic N) is 4. The van der Waals surface area contributed by atoms with Crippen molar-refractivity contribution in [2.45, 2.75) is 18.3 Å². The van der Waals surface area contributed by atoms with Crippen molar-refractivity contribution < 1.29 is 24.3 Å². The Balaban J connectivity index is 1.54. The number of carbonyl (C=O) groups excluding carboxylic acids is 2. The van der Waals surface area contributed by atoms with Crippen LogP contribution in [0.1, 0.15) is 15.4 Å². The summed E-state index contributed by atoms with van der Waals surface area (Å²) in [6.45, 7) is 1.86. The van der Waals surface area contributed by atoms with Crippen LogP contribution in [0.15, 0.2) is 34.2 Å². The number of aryl methyl sites for hydroxylation is 1. The average molecular weight is 507 g/mol. The van der Waals surface area contributed by atoms with Gasteiger partial charge in [0.15, 0.2) is 10.8 Å². The predicted octanol–water partition coefficient (Wildman–Crippen LogP) is 1.29. The van der Waals surface area contributed by atoms with Gasteiger partial charge in [0.25, 0.3) is 11.8 Å². The molecule has 0 spiro atoms. The molecule has 172 valence electrons. The summed E-state index contributed by atoms with van der Waals surface area (Å²) in [6, 6.07) is -0.904. The fourth-order valence-corrected chi connectivity index (χ4v) is 5.99. The summed E-state index contributed by atoms with van der Waals surface area (Å²) in [5, 5.41) is 15.9. The second-order valence-electron chi connectivity index (χ2n) is 6.86. The first kappa shape index (κ1) is 22.9. The van der Waals surface area contributed by atoms with Crippen LogP contribution in [0.4, 0.5) is 5.13 Å². The van der Waals surface area contributed by atoms with Gasteiger partial charge in [-0.05, 0) is 18.6 Å². The number of fused-ring (bicyclic) bond motifs is 1. The highest BCUT2D eigenvalue weighted by atomic mass is 32.2. The number of carboxylic acids is 1. The second kappa shape index (κ2) is 9.33. The lowest BCUT2D eigenvalue weighted by molar-refractivity contribution is -0.150. The van der Waals surface area contributed by atoms with Gasteiger partial charge in [0.1, 0.15) is 24.2 Å². The summed E-state index contributed by atoms with van der Waals surface area (Å²) in [7, 11) is 1.29. The minimum atomic E-state index is -1.21. The lowest BCUT2D eigenvalue weighted by Crippen LogP contribution is -2.71. The maximum atomic E-state index is 12.9. The molecule has 4 heterocycles. The molecule has 2 aliphatic heterocycles. The van der Waals surface area contributed by atoms with E-state index in [0.29, 0.717) is 16.2 Å². The molecule has 4 N–H and O–H groups in total. The summed E-state index contributed by atoms with van der Waals surface area (Å²) in [5.41, 5.74) is 8.53. The van der Waals surface area contributed by atoms with Gasteiger partial charge in [-0.3, -0.25) is 14.5 Å². The van der Waals surface area contributed by atoms with Crippen LogP contribution in [0.3, 0.4) is 0 Å². The van der Waals surface area contributed by atoms with E-state index < -0.39 is 29.2 Å². The number of oxime groups is 1. The molecule has 2 aliphatic rings. The number of thioether (sulfide) groups is 1. The molecule has 1 saturated heterocycles. The number of nitrogens with two attached hydrogens (primary N) is 1. The fourth-order valence-electron chi connectivity index (χ4n) is 3.31. The standard InChI is InChI=1S/C19H18N6O5S3/c1-8-10(32-7-22-8)4-3-9-6-31-17-13(16(27)25(17)14(9)18(28)29)23-15(26)12(24-30-2)11-5-21-19(20)33-11/h3-5,7,13,17H,6H2,1-2H3,(H2,20,21)(H,23,26)(H,28,29)/b4-3-,24-12-. The van der Waals surface area contributed by atoms with E-state index >= 15 is 0 Å². The molecule has 2 unspecified atom stereocenters. The molecule has 0 aliphatic carbocycles. The smallest absolute Gasteiger partial charge is 0.352 e. The Morgan fingerprint density at radius 3 is 2.79 bits per heavy atom. The number of aromatic nitrogens is 2. The monoisotopic (exact) mass is 506 g/mol. The van der Waals surface area contributed by atoms with Crippen LogP contribution >= 0.6 is 34.4 Å². The van der Waals surface area contributed by atoms with Crippen molar-refractivity contribution >= 4 is 69.1 Å². The van der Waals surface area contributed by atoms with E-state index in [9.17, 15) is 19.5 Å². The molecule has 2 aromatic rings. The number of hydrogen-bond donors (Lipinski definition) is 3. The van der Waals surface area contributed by atoms with E-state index in [4.69, 9.17) is 10.6 Å². The number of nitrogen functional groups attached to an aromatic ring is 1. The lowest BCUT2D eigenvalue weighted by atomic mass is 10.0. The molecule has 1 fully saturated rings. The average Bonchev–Trinajstić information content (AvgIpc) is 3.40. The van der Waals surface area contributed by atoms with Gasteiger partial charge in [0.2, 0.25) is 0 Å². The van der Waals surface area contributed by atoms with Crippen LogP contribution in [0.2, 0.25) is 0 Å². The number of rotatable bonds is 7. The SMILES string of the molecule is CO/N=C(\C(=O)NC1C(=O)N2C(C(=O)O)=C(/C=C\c3scnc3C)CSC12)c1cnc(N)s1. The van der Waals surface area contributed by atoms with Crippen LogP contribution < -0.4 is 11.1 Å². The highest BCUT2D eigenvalue weighted by molar-refractivity contribution is 8.00. The van der Waals surface area contributed by atoms with E-state index in [0.717, 1.165) is 21.9 Å². The number of carboxylic acid groups (broad SMARTS) is 1. The van der Waals surface area contributed by atoms with Crippen molar-refractivity contribution in [2.24, 2.45) is 5.16 Å². The van der Waals surface area contributed by atoms with Crippen molar-refractivity contribution in [3.8, 4) is 0 Å². The van der Waals surface area contributed by atoms with Crippen molar-refractivity contribution in [1.82, 2.24) is 20.2 Å². The van der Waals surface area contributed by atoms with Gasteiger partial charge < -0.3 is 21.0 Å². The van der Waals surface area contributed by atoms with Gasteiger partial charge in [-0.25, -0.2) is 14.8 Å². The third-order valence-electron chi connectivity index (χ3n) is 4.86. The van der Waals surface area contributed by atoms with Crippen LogP contribution in [0.5, 0.6) is 0 Å². The minimum absolute atomic E-state index is 0.0729. The zero-order chi connectivity index (χ0) is 23.7. The number of allylic oxidation sites excluding steroid dienone is 1. The molecule has 2 amide bonds. The first-order valence-corrected chi connectivity index (χ1v) is 12.2. The second-order valence-corrected chi connectivity index (χ2v) is 9.91. The number of anilines is 1. The summed E-state index contributed by atoms with van der Waals surface area (Å²) in [4.78, 5) is 53.0. The molecule has 0 radical (unpaired) electrons. The van der Waals surface area contributed by atoms with Crippen molar-refractivity contribution in [3.63, 3.8) is 0 Å². The summed E-state index contributed by atoms with van der Waals surface area (Å²) >= 11 is 3.86. The van der Waals surface area contributed by atoms with Crippen molar-refractivity contribution in [1.29, 1.82) is 0 Å². The van der Waals surface area contributed by atoms with Crippen LogP contribution in [-0.2, 0) is 19.2 Å². The third-order valence-corrected chi connectivity index (χ3v) is 7.89. The van der Waals surface area contributed by atoms with E-state index in [1.165, 1.54) is 41.3 Å². The molecular formula is C19H18N6O5S3. The highest BCUT2D eigenvalue weighted by Crippen LogP contribution is 2.41. The third kappa shape index (κ3) is 4.36. The topological polar surface area (TPSA) is 160 Å². The Hall–Kier alpha value is -3.23. The zero-order valence-corrected chi connectivity index (χ0v) is 19.8. The number of thiazole rings is 2. The van der Waals surface area contributed by atoms with Crippen LogP contribution in [0, 0.1) is 6.92 Å². The molecule has 14 heteroatoms. The normalized spacial score (nSPS) is 20.6. The Bertz CT molecular complexity index is 1220. The Morgan fingerprint density at radius 1 is 1.39 bits per heavy atom. The van der Waals surface area contributed by atoms with Crippen molar-refractivity contribution in [3.05, 3.63) is 44.5 Å². The van der Waals surface area contributed by atoms with E-state index in [2.05, 4.69) is 20.4 Å². The molecule has 0 aromatic carbocycles. The maximum absolute atomic E-state index is 12.9. The van der Waals surface area contributed by atoms with Crippen molar-refractivity contribution in [2.75, 3.05) is 18.6 Å². The number of β-lactam (4-membered cyclic amide) rings is 1. The zero-order valence-electron chi connectivity index (χ0n) is 17.3. The van der Waals surface area contributed by atoms with Gasteiger partial charge in [0.05, 0.1) is 16.1 Å². The van der Waals surface area contributed by atoms with Crippen LogP contribution in [-0.4, -0.2) is 67.7 Å². The Kier molecular flexibility index (Phi) is 6.49. The predicted molar refractivity (Wildman–Crippen MR) is 126 cm³/mol. The molecule has 2 atom stereocenters. The van der Waals surface area contributed by atoms with Gasteiger partial charge >= 0.3 is 5.97 Å². The lowest BCUT2D eigenvalue weighted by Gasteiger charge is -2.49. The molecule has 33 heavy (non-hydrogen) atoms. The molecule has 0 bridgehead atoms. The van der Waals surface area contributed by atoms with Gasteiger partial charge in [-0.15, -0.1) is 23.1 Å². The summed E-state index contributed by atoms with van der Waals surface area (Å²) in [5.74, 6) is -2.01. The number of amides is 2. The number of hydrogen-bond acceptors (Lipinski definition) is 11. The molecule has 0 saturated carbocycles. The minimum Gasteiger partial charge on any atom is -0.477 e. The molecule has 11 nitrogen and oxygen atoms in total.